The molecule has 2 aliphatic rings. The second-order valence-electron chi connectivity index (χ2n) is 6.42. The molecule has 3 atom stereocenters. The molecule has 0 spiro atoms. The van der Waals surface area contributed by atoms with Gasteiger partial charge in [-0.2, -0.15) is 0 Å². The fourth-order valence-electron chi connectivity index (χ4n) is 1.87. The fourth-order valence-corrected chi connectivity index (χ4v) is 3.00. The molecular formula is C12H22O4Si. The number of hydrogen-bond acceptors (Lipinski definition) is 4. The van der Waals surface area contributed by atoms with Crippen molar-refractivity contribution < 1.29 is 18.7 Å². The number of fused-ring (bicyclic) bond motifs is 2. The van der Waals surface area contributed by atoms with Crippen LogP contribution in [0.3, 0.4) is 0 Å². The molecule has 2 bridgehead atoms. The van der Waals surface area contributed by atoms with Crippen LogP contribution < -0.4 is 0 Å². The molecule has 0 N–H and O–H groups in total. The topological polar surface area (TPSA) is 44.8 Å². The Labute approximate surface area is 104 Å². The van der Waals surface area contributed by atoms with E-state index >= 15 is 0 Å². The summed E-state index contributed by atoms with van der Waals surface area (Å²) in [6.07, 6.45) is 0.713. The highest BCUT2D eigenvalue weighted by atomic mass is 28.4. The second-order valence-corrected chi connectivity index (χ2v) is 11.2. The molecule has 0 saturated carbocycles. The Morgan fingerprint density at radius 2 is 1.94 bits per heavy atom. The predicted molar refractivity (Wildman–Crippen MR) is 66.1 cm³/mol. The van der Waals surface area contributed by atoms with Gasteiger partial charge in [0.2, 0.25) is 6.29 Å². The fraction of sp³-hybridized carbons (Fsp3) is 0.917. The van der Waals surface area contributed by atoms with E-state index in [1.165, 1.54) is 0 Å². The number of hydrogen-bond donors (Lipinski definition) is 0. The van der Waals surface area contributed by atoms with Crippen molar-refractivity contribution in [2.75, 3.05) is 0 Å². The summed E-state index contributed by atoms with van der Waals surface area (Å²) in [5.74, 6) is -0.262. The molecule has 0 aromatic carbocycles. The zero-order valence-electron chi connectivity index (χ0n) is 11.3. The molecule has 0 unspecified atom stereocenters. The lowest BCUT2D eigenvalue weighted by Gasteiger charge is -2.41. The minimum Gasteiger partial charge on any atom is -0.432 e. The highest BCUT2D eigenvalue weighted by Gasteiger charge is 2.48. The number of cyclic esters (lactones) is 1. The molecule has 0 radical (unpaired) electrons. The van der Waals surface area contributed by atoms with Crippen LogP contribution in [0.2, 0.25) is 18.1 Å². The van der Waals surface area contributed by atoms with Crippen molar-refractivity contribution in [3.05, 3.63) is 0 Å². The first-order valence-electron chi connectivity index (χ1n) is 6.24. The van der Waals surface area contributed by atoms with Crippen LogP contribution in [-0.2, 0) is 18.7 Å². The van der Waals surface area contributed by atoms with E-state index in [9.17, 15) is 4.79 Å². The Kier molecular flexibility index (Phi) is 3.12. The van der Waals surface area contributed by atoms with Gasteiger partial charge in [0.25, 0.3) is 0 Å². The molecule has 0 aliphatic carbocycles. The van der Waals surface area contributed by atoms with Gasteiger partial charge in [-0.25, -0.2) is 4.79 Å². The lowest BCUT2D eigenvalue weighted by molar-refractivity contribution is -0.220. The standard InChI is InChI=1S/C12H22O4Si/c1-12(2,3)17(4,5)16-11-9-7-6-8(14-9)10(13)15-11/h8-9,11H,6-7H2,1-5H3/t8-,9+,11-/m1/s1. The summed E-state index contributed by atoms with van der Waals surface area (Å²) >= 11 is 0. The maximum Gasteiger partial charge on any atom is 0.337 e. The lowest BCUT2D eigenvalue weighted by atomic mass is 10.2. The van der Waals surface area contributed by atoms with Crippen LogP contribution in [-0.4, -0.2) is 32.8 Å². The number of ether oxygens (including phenoxy) is 2. The van der Waals surface area contributed by atoms with E-state index in [0.29, 0.717) is 0 Å². The van der Waals surface area contributed by atoms with E-state index in [-0.39, 0.29) is 23.2 Å². The highest BCUT2D eigenvalue weighted by molar-refractivity contribution is 6.74. The molecule has 4 nitrogen and oxygen atoms in total. The van der Waals surface area contributed by atoms with Crippen LogP contribution in [0.15, 0.2) is 0 Å². The summed E-state index contributed by atoms with van der Waals surface area (Å²) in [6.45, 7) is 10.8. The van der Waals surface area contributed by atoms with E-state index in [4.69, 9.17) is 13.9 Å². The Morgan fingerprint density at radius 3 is 2.53 bits per heavy atom. The Hall–Kier alpha value is -0.393. The SMILES string of the molecule is CC(C)(C)[Si](C)(C)O[C@H]1OC(=O)[C@H]2CC[C@@H]1O2. The van der Waals surface area contributed by atoms with Crippen molar-refractivity contribution in [1.82, 2.24) is 0 Å². The van der Waals surface area contributed by atoms with Gasteiger partial charge in [-0.15, -0.1) is 0 Å². The zero-order valence-corrected chi connectivity index (χ0v) is 12.3. The minimum absolute atomic E-state index is 0.0631. The highest BCUT2D eigenvalue weighted by Crippen LogP contribution is 2.40. The monoisotopic (exact) mass is 258 g/mol. The summed E-state index contributed by atoms with van der Waals surface area (Å²) in [4.78, 5) is 11.6. The molecule has 0 amide bonds. The smallest absolute Gasteiger partial charge is 0.337 e. The Morgan fingerprint density at radius 1 is 1.29 bits per heavy atom. The van der Waals surface area contributed by atoms with Gasteiger partial charge in [-0.3, -0.25) is 0 Å². The van der Waals surface area contributed by atoms with Crippen molar-refractivity contribution in [3.63, 3.8) is 0 Å². The largest absolute Gasteiger partial charge is 0.432 e. The molecule has 17 heavy (non-hydrogen) atoms. The molecule has 0 aromatic heterocycles. The summed E-state index contributed by atoms with van der Waals surface area (Å²) in [5, 5.41) is 0.106. The molecule has 2 aliphatic heterocycles. The molecule has 0 aromatic rings. The van der Waals surface area contributed by atoms with Gasteiger partial charge in [-0.1, -0.05) is 20.8 Å². The zero-order chi connectivity index (χ0) is 12.8. The summed E-state index contributed by atoms with van der Waals surface area (Å²) in [7, 11) is -1.92. The van der Waals surface area contributed by atoms with Crippen molar-refractivity contribution in [3.8, 4) is 0 Å². The molecule has 2 saturated heterocycles. The molecule has 2 fully saturated rings. The third-order valence-electron chi connectivity index (χ3n) is 4.07. The van der Waals surface area contributed by atoms with Gasteiger partial charge in [0.15, 0.2) is 14.4 Å². The number of carbonyl (C=O) groups excluding carboxylic acids is 1. The van der Waals surface area contributed by atoms with Crippen LogP contribution in [0.1, 0.15) is 33.6 Å². The van der Waals surface area contributed by atoms with E-state index in [1.807, 2.05) is 0 Å². The van der Waals surface area contributed by atoms with Gasteiger partial charge in [0.1, 0.15) is 6.10 Å². The maximum atomic E-state index is 11.6. The average molecular weight is 258 g/mol. The van der Waals surface area contributed by atoms with Gasteiger partial charge in [0, 0.05) is 0 Å². The van der Waals surface area contributed by atoms with Gasteiger partial charge in [-0.05, 0) is 31.0 Å². The Bertz CT molecular complexity index is 321. The average Bonchev–Trinajstić information content (AvgIpc) is 2.57. The molecule has 2 rings (SSSR count). The van der Waals surface area contributed by atoms with Gasteiger partial charge in [0.05, 0.1) is 0 Å². The van der Waals surface area contributed by atoms with Gasteiger partial charge >= 0.3 is 5.97 Å². The number of esters is 1. The first-order valence-corrected chi connectivity index (χ1v) is 9.15. The van der Waals surface area contributed by atoms with Crippen LogP contribution in [0.5, 0.6) is 0 Å². The molecule has 2 heterocycles. The normalized spacial score (nSPS) is 33.7. The van der Waals surface area contributed by atoms with Crippen molar-refractivity contribution in [2.24, 2.45) is 0 Å². The predicted octanol–water partition coefficient (Wildman–Crippen LogP) is 2.44. The maximum absolute atomic E-state index is 11.6. The Balaban J connectivity index is 2.06. The summed E-state index contributed by atoms with van der Waals surface area (Å²) in [5.41, 5.74) is 0. The molecular weight excluding hydrogens is 236 g/mol. The lowest BCUT2D eigenvalue weighted by Crippen LogP contribution is -2.51. The van der Waals surface area contributed by atoms with Crippen LogP contribution in [0.25, 0.3) is 0 Å². The first-order chi connectivity index (χ1) is 7.71. The molecule has 5 heteroatoms. The third kappa shape index (κ3) is 2.41. The third-order valence-corrected chi connectivity index (χ3v) is 8.50. The van der Waals surface area contributed by atoms with E-state index < -0.39 is 14.6 Å². The van der Waals surface area contributed by atoms with Crippen molar-refractivity contribution in [1.29, 1.82) is 0 Å². The molecule has 98 valence electrons. The van der Waals surface area contributed by atoms with Crippen LogP contribution in [0, 0.1) is 0 Å². The quantitative estimate of drug-likeness (QED) is 0.564. The summed E-state index contributed by atoms with van der Waals surface area (Å²) in [6, 6.07) is 0. The van der Waals surface area contributed by atoms with Crippen LogP contribution in [0.4, 0.5) is 0 Å². The van der Waals surface area contributed by atoms with E-state index in [2.05, 4.69) is 33.9 Å². The summed E-state index contributed by atoms with van der Waals surface area (Å²) < 4.78 is 17.1. The van der Waals surface area contributed by atoms with Crippen LogP contribution >= 0.6 is 0 Å². The first kappa shape index (κ1) is 13.0. The van der Waals surface area contributed by atoms with Gasteiger partial charge < -0.3 is 13.9 Å². The van der Waals surface area contributed by atoms with E-state index in [1.54, 1.807) is 0 Å². The van der Waals surface area contributed by atoms with Crippen molar-refractivity contribution >= 4 is 14.3 Å². The second kappa shape index (κ2) is 4.07. The van der Waals surface area contributed by atoms with Crippen molar-refractivity contribution in [2.45, 2.75) is 70.2 Å². The number of rotatable bonds is 2. The number of carbonyl (C=O) groups is 1. The minimum atomic E-state index is -1.92. The van der Waals surface area contributed by atoms with E-state index in [0.717, 1.165) is 12.8 Å².